The molecule has 1 heterocycles. The van der Waals surface area contributed by atoms with E-state index in [4.69, 9.17) is 28.4 Å². The van der Waals surface area contributed by atoms with Gasteiger partial charge in [-0.1, -0.05) is 0 Å². The number of Topliss-reactive ketones (excluding diaryl/α,β-unsaturated/α-hetero) is 1. The number of fused-ring (bicyclic) bond motifs is 1. The molecule has 174 valence electrons. The summed E-state index contributed by atoms with van der Waals surface area (Å²) in [7, 11) is 6.06. The second-order valence-corrected chi connectivity index (χ2v) is 7.14. The van der Waals surface area contributed by atoms with E-state index in [9.17, 15) is 9.59 Å². The molecule has 3 aromatic rings. The number of esters is 1. The first-order chi connectivity index (χ1) is 16.5. The number of allylic oxidation sites excluding steroid dienone is 1. The van der Waals surface area contributed by atoms with Crippen LogP contribution in [0.25, 0.3) is 6.08 Å². The molecule has 0 unspecified atom stereocenters. The molecule has 0 radical (unpaired) electrons. The average Bonchev–Trinajstić information content (AvgIpc) is 3.17. The Morgan fingerprint density at radius 2 is 1.50 bits per heavy atom. The lowest BCUT2D eigenvalue weighted by Gasteiger charge is -2.14. The van der Waals surface area contributed by atoms with Crippen molar-refractivity contribution in [1.29, 1.82) is 0 Å². The molecule has 0 aromatic heterocycles. The SMILES string of the molecule is COc1ccc(C(=O)Oc2ccc3c(c2)O/C(=C\c2ccc(OC)c(OC)c2OC)C3=O)cc1. The maximum atomic E-state index is 12.9. The lowest BCUT2D eigenvalue weighted by atomic mass is 10.1. The number of methoxy groups -OCH3 is 4. The summed E-state index contributed by atoms with van der Waals surface area (Å²) in [4.78, 5) is 25.3. The maximum Gasteiger partial charge on any atom is 0.343 e. The summed E-state index contributed by atoms with van der Waals surface area (Å²) < 4.78 is 32.5. The first-order valence-corrected chi connectivity index (χ1v) is 10.2. The van der Waals surface area contributed by atoms with Gasteiger partial charge in [-0.2, -0.15) is 0 Å². The van der Waals surface area contributed by atoms with Gasteiger partial charge in [-0.15, -0.1) is 0 Å². The Bertz CT molecular complexity index is 1270. The Morgan fingerprint density at radius 3 is 2.15 bits per heavy atom. The molecule has 8 nitrogen and oxygen atoms in total. The van der Waals surface area contributed by atoms with Gasteiger partial charge in [0.05, 0.1) is 39.6 Å². The van der Waals surface area contributed by atoms with Crippen LogP contribution in [0.15, 0.2) is 60.4 Å². The number of ether oxygens (including phenoxy) is 6. The van der Waals surface area contributed by atoms with Crippen LogP contribution in [0, 0.1) is 0 Å². The van der Waals surface area contributed by atoms with Crippen molar-refractivity contribution >= 4 is 17.8 Å². The van der Waals surface area contributed by atoms with Crippen molar-refractivity contribution in [2.45, 2.75) is 0 Å². The quantitative estimate of drug-likeness (QED) is 0.287. The lowest BCUT2D eigenvalue weighted by molar-refractivity contribution is 0.0734. The second-order valence-electron chi connectivity index (χ2n) is 7.14. The van der Waals surface area contributed by atoms with Crippen molar-refractivity contribution in [3.8, 4) is 34.5 Å². The van der Waals surface area contributed by atoms with E-state index in [1.807, 2.05) is 0 Å². The van der Waals surface area contributed by atoms with E-state index in [1.54, 1.807) is 61.7 Å². The average molecular weight is 462 g/mol. The van der Waals surface area contributed by atoms with E-state index < -0.39 is 5.97 Å². The Morgan fingerprint density at radius 1 is 0.794 bits per heavy atom. The highest BCUT2D eigenvalue weighted by Crippen LogP contribution is 2.42. The first-order valence-electron chi connectivity index (χ1n) is 10.2. The first kappa shape index (κ1) is 22.7. The summed E-state index contributed by atoms with van der Waals surface area (Å²) in [5, 5.41) is 0. The number of carbonyl (C=O) groups is 2. The van der Waals surface area contributed by atoms with E-state index in [0.717, 1.165) is 0 Å². The van der Waals surface area contributed by atoms with Crippen LogP contribution in [0.2, 0.25) is 0 Å². The third-order valence-electron chi connectivity index (χ3n) is 5.20. The molecule has 0 bridgehead atoms. The summed E-state index contributed by atoms with van der Waals surface area (Å²) in [6.45, 7) is 0. The Hall–Kier alpha value is -4.46. The molecule has 34 heavy (non-hydrogen) atoms. The Balaban J connectivity index is 1.58. The normalized spacial score (nSPS) is 13.2. The molecule has 0 aliphatic carbocycles. The Kier molecular flexibility index (Phi) is 6.40. The highest BCUT2D eigenvalue weighted by molar-refractivity contribution is 6.14. The smallest absolute Gasteiger partial charge is 0.343 e. The topological polar surface area (TPSA) is 89.5 Å². The van der Waals surface area contributed by atoms with Crippen LogP contribution in [0.3, 0.4) is 0 Å². The van der Waals surface area contributed by atoms with Gasteiger partial charge in [0.1, 0.15) is 17.2 Å². The molecule has 0 saturated heterocycles. The van der Waals surface area contributed by atoms with Crippen molar-refractivity contribution in [1.82, 2.24) is 0 Å². The fraction of sp³-hybridized carbons (Fsp3) is 0.154. The molecule has 8 heteroatoms. The largest absolute Gasteiger partial charge is 0.497 e. The number of rotatable bonds is 7. The van der Waals surface area contributed by atoms with E-state index in [1.165, 1.54) is 27.4 Å². The molecule has 0 saturated carbocycles. The monoisotopic (exact) mass is 462 g/mol. The van der Waals surface area contributed by atoms with Gasteiger partial charge in [0, 0.05) is 11.6 Å². The van der Waals surface area contributed by atoms with Gasteiger partial charge in [0.25, 0.3) is 0 Å². The van der Waals surface area contributed by atoms with Crippen LogP contribution in [0.5, 0.6) is 34.5 Å². The minimum atomic E-state index is -0.544. The highest BCUT2D eigenvalue weighted by Gasteiger charge is 2.29. The number of hydrogen-bond acceptors (Lipinski definition) is 8. The molecular weight excluding hydrogens is 440 g/mol. The summed E-state index contributed by atoms with van der Waals surface area (Å²) in [6.07, 6.45) is 1.56. The number of hydrogen-bond donors (Lipinski definition) is 0. The van der Waals surface area contributed by atoms with Gasteiger partial charge >= 0.3 is 5.97 Å². The molecule has 0 fully saturated rings. The lowest BCUT2D eigenvalue weighted by Crippen LogP contribution is -2.08. The fourth-order valence-electron chi connectivity index (χ4n) is 3.50. The summed E-state index contributed by atoms with van der Waals surface area (Å²) in [5.41, 5.74) is 1.29. The van der Waals surface area contributed by atoms with Gasteiger partial charge in [0.15, 0.2) is 17.3 Å². The van der Waals surface area contributed by atoms with Gasteiger partial charge in [-0.25, -0.2) is 4.79 Å². The van der Waals surface area contributed by atoms with Crippen LogP contribution in [0.4, 0.5) is 0 Å². The van der Waals surface area contributed by atoms with Crippen molar-refractivity contribution in [2.75, 3.05) is 28.4 Å². The zero-order valence-electron chi connectivity index (χ0n) is 19.0. The maximum absolute atomic E-state index is 12.9. The van der Waals surface area contributed by atoms with Crippen LogP contribution >= 0.6 is 0 Å². The third-order valence-corrected chi connectivity index (χ3v) is 5.20. The summed E-state index contributed by atoms with van der Waals surface area (Å²) in [5.74, 6) is 1.70. The van der Waals surface area contributed by atoms with Crippen LogP contribution < -0.4 is 28.4 Å². The van der Waals surface area contributed by atoms with Crippen molar-refractivity contribution in [3.05, 3.63) is 77.0 Å². The van der Waals surface area contributed by atoms with Crippen LogP contribution in [0.1, 0.15) is 26.3 Å². The van der Waals surface area contributed by atoms with Gasteiger partial charge in [-0.3, -0.25) is 4.79 Å². The van der Waals surface area contributed by atoms with E-state index in [0.29, 0.717) is 39.7 Å². The standard InChI is InChI=1S/C26H22O8/c1-29-17-8-5-15(6-9-17)26(28)33-18-10-11-19-21(14-18)34-22(23(19)27)13-16-7-12-20(30-2)25(32-4)24(16)31-3/h5-14H,1-4H3/b22-13-. The number of carbonyl (C=O) groups excluding carboxylic acids is 2. The van der Waals surface area contributed by atoms with Gasteiger partial charge < -0.3 is 28.4 Å². The second kappa shape index (κ2) is 9.58. The predicted octanol–water partition coefficient (Wildman–Crippen LogP) is 4.56. The van der Waals surface area contributed by atoms with E-state index >= 15 is 0 Å². The van der Waals surface area contributed by atoms with Crippen LogP contribution in [-0.2, 0) is 0 Å². The van der Waals surface area contributed by atoms with E-state index in [2.05, 4.69) is 0 Å². The minimum Gasteiger partial charge on any atom is -0.497 e. The zero-order chi connectivity index (χ0) is 24.2. The Labute approximate surface area is 196 Å². The number of ketones is 1. The molecule has 0 atom stereocenters. The molecule has 1 aliphatic rings. The van der Waals surface area contributed by atoms with Crippen molar-refractivity contribution in [2.24, 2.45) is 0 Å². The molecular formula is C26H22O8. The third kappa shape index (κ3) is 4.25. The molecule has 0 spiro atoms. The molecule has 3 aromatic carbocycles. The van der Waals surface area contributed by atoms with E-state index in [-0.39, 0.29) is 23.0 Å². The zero-order valence-corrected chi connectivity index (χ0v) is 19.0. The number of benzene rings is 3. The van der Waals surface area contributed by atoms with Crippen molar-refractivity contribution in [3.63, 3.8) is 0 Å². The highest BCUT2D eigenvalue weighted by atomic mass is 16.5. The van der Waals surface area contributed by atoms with Gasteiger partial charge in [-0.05, 0) is 54.6 Å². The van der Waals surface area contributed by atoms with Crippen molar-refractivity contribution < 1.29 is 38.0 Å². The minimum absolute atomic E-state index is 0.0964. The molecule has 1 aliphatic heterocycles. The molecule has 4 rings (SSSR count). The van der Waals surface area contributed by atoms with Gasteiger partial charge in [0.2, 0.25) is 11.5 Å². The van der Waals surface area contributed by atoms with Crippen LogP contribution in [-0.4, -0.2) is 40.2 Å². The summed E-state index contributed by atoms with van der Waals surface area (Å²) >= 11 is 0. The molecule has 0 N–H and O–H groups in total. The fourth-order valence-corrected chi connectivity index (χ4v) is 3.50. The predicted molar refractivity (Wildman–Crippen MR) is 123 cm³/mol. The summed E-state index contributed by atoms with van der Waals surface area (Å²) in [6, 6.07) is 14.6. The molecule has 0 amide bonds.